The minimum Gasteiger partial charge on any atom is -0.492 e. The van der Waals surface area contributed by atoms with Gasteiger partial charge in [0, 0.05) is 24.1 Å². The molecule has 2 rings (SSSR count). The van der Waals surface area contributed by atoms with Crippen LogP contribution >= 0.6 is 15.9 Å². The highest BCUT2D eigenvalue weighted by Crippen LogP contribution is 2.17. The molecule has 1 aromatic rings. The molecule has 19 heavy (non-hydrogen) atoms. The third-order valence-electron chi connectivity index (χ3n) is 3.27. The Morgan fingerprint density at radius 1 is 1.53 bits per heavy atom. The van der Waals surface area contributed by atoms with Crippen LogP contribution in [-0.4, -0.2) is 43.1 Å². The van der Waals surface area contributed by atoms with Gasteiger partial charge in [0.15, 0.2) is 0 Å². The molecule has 1 N–H and O–H groups in total. The van der Waals surface area contributed by atoms with Gasteiger partial charge in [0.2, 0.25) is 5.91 Å². The summed E-state index contributed by atoms with van der Waals surface area (Å²) < 4.78 is 6.72. The predicted octanol–water partition coefficient (Wildman–Crippen LogP) is 2.04. The molecule has 0 saturated carbocycles. The monoisotopic (exact) mass is 326 g/mol. The molecule has 1 aliphatic heterocycles. The molecule has 1 aromatic carbocycles. The normalized spacial score (nSPS) is 20.1. The van der Waals surface area contributed by atoms with Gasteiger partial charge >= 0.3 is 0 Å². The maximum absolute atomic E-state index is 11.7. The van der Waals surface area contributed by atoms with Gasteiger partial charge in [0.05, 0.1) is 6.04 Å². The summed E-state index contributed by atoms with van der Waals surface area (Å²) >= 11 is 3.42. The zero-order valence-corrected chi connectivity index (χ0v) is 12.6. The van der Waals surface area contributed by atoms with Crippen LogP contribution in [0.2, 0.25) is 0 Å². The fourth-order valence-electron chi connectivity index (χ4n) is 2.31. The summed E-state index contributed by atoms with van der Waals surface area (Å²) in [7, 11) is 0. The minimum absolute atomic E-state index is 0.0140. The molecule has 1 atom stereocenters. The van der Waals surface area contributed by atoms with E-state index in [9.17, 15) is 4.79 Å². The van der Waals surface area contributed by atoms with Gasteiger partial charge in [0.25, 0.3) is 0 Å². The number of carbonyl (C=O) groups is 1. The third kappa shape index (κ3) is 3.94. The summed E-state index contributed by atoms with van der Waals surface area (Å²) in [5.41, 5.74) is 0. The van der Waals surface area contributed by atoms with Crippen molar-refractivity contribution in [3.8, 4) is 5.75 Å². The maximum atomic E-state index is 11.7. The number of carbonyl (C=O) groups excluding carboxylic acids is 1. The second-order valence-electron chi connectivity index (χ2n) is 4.56. The summed E-state index contributed by atoms with van der Waals surface area (Å²) in [6, 6.07) is 7.78. The quantitative estimate of drug-likeness (QED) is 0.900. The number of rotatable bonds is 5. The first kappa shape index (κ1) is 14.3. The van der Waals surface area contributed by atoms with Crippen molar-refractivity contribution < 1.29 is 9.53 Å². The van der Waals surface area contributed by atoms with Crippen LogP contribution in [0.1, 0.15) is 13.3 Å². The Morgan fingerprint density at radius 3 is 3.11 bits per heavy atom. The lowest BCUT2D eigenvalue weighted by atomic mass is 10.1. The Hall–Kier alpha value is -1.07. The van der Waals surface area contributed by atoms with E-state index in [4.69, 9.17) is 4.74 Å². The van der Waals surface area contributed by atoms with Crippen molar-refractivity contribution in [2.45, 2.75) is 19.4 Å². The molecule has 0 aromatic heterocycles. The number of piperazine rings is 1. The number of benzene rings is 1. The van der Waals surface area contributed by atoms with Gasteiger partial charge in [-0.3, -0.25) is 9.69 Å². The van der Waals surface area contributed by atoms with Gasteiger partial charge in [-0.25, -0.2) is 0 Å². The van der Waals surface area contributed by atoms with Gasteiger partial charge in [-0.1, -0.05) is 28.9 Å². The lowest BCUT2D eigenvalue weighted by Crippen LogP contribution is -2.55. The molecular formula is C14H19BrN2O2. The number of amides is 1. The number of ether oxygens (including phenoxy) is 1. The van der Waals surface area contributed by atoms with E-state index in [0.717, 1.165) is 36.3 Å². The molecule has 5 heteroatoms. The van der Waals surface area contributed by atoms with Crippen molar-refractivity contribution in [2.75, 3.05) is 26.2 Å². The summed E-state index contributed by atoms with van der Waals surface area (Å²) in [5, 5.41) is 2.90. The van der Waals surface area contributed by atoms with Crippen LogP contribution < -0.4 is 10.1 Å². The zero-order valence-electron chi connectivity index (χ0n) is 11.1. The van der Waals surface area contributed by atoms with Crippen LogP contribution in [0.3, 0.4) is 0 Å². The van der Waals surface area contributed by atoms with Gasteiger partial charge < -0.3 is 10.1 Å². The summed E-state index contributed by atoms with van der Waals surface area (Å²) in [5.74, 6) is 0.986. The van der Waals surface area contributed by atoms with Gasteiger partial charge in [0.1, 0.15) is 12.4 Å². The van der Waals surface area contributed by atoms with Gasteiger partial charge in [-0.15, -0.1) is 0 Å². The molecule has 1 unspecified atom stereocenters. The zero-order chi connectivity index (χ0) is 13.7. The topological polar surface area (TPSA) is 41.6 Å². The Labute approximate surface area is 122 Å². The van der Waals surface area contributed by atoms with E-state index in [1.54, 1.807) is 0 Å². The van der Waals surface area contributed by atoms with E-state index in [1.807, 2.05) is 31.2 Å². The highest BCUT2D eigenvalue weighted by molar-refractivity contribution is 9.10. The Balaban J connectivity index is 1.83. The Morgan fingerprint density at radius 2 is 2.37 bits per heavy atom. The van der Waals surface area contributed by atoms with Crippen LogP contribution in [0, 0.1) is 0 Å². The second kappa shape index (κ2) is 6.91. The van der Waals surface area contributed by atoms with E-state index >= 15 is 0 Å². The first-order chi connectivity index (χ1) is 9.20. The molecule has 104 valence electrons. The fourth-order valence-corrected chi connectivity index (χ4v) is 2.69. The number of nitrogens with zero attached hydrogens (tertiary/aromatic N) is 1. The number of hydrogen-bond acceptors (Lipinski definition) is 3. The van der Waals surface area contributed by atoms with E-state index in [2.05, 4.69) is 26.1 Å². The number of hydrogen-bond donors (Lipinski definition) is 1. The Kier molecular flexibility index (Phi) is 5.22. The molecule has 1 aliphatic rings. The summed E-state index contributed by atoms with van der Waals surface area (Å²) in [6.07, 6.45) is 0.836. The summed E-state index contributed by atoms with van der Waals surface area (Å²) in [4.78, 5) is 13.9. The molecule has 1 fully saturated rings. The van der Waals surface area contributed by atoms with E-state index in [0.29, 0.717) is 6.61 Å². The molecule has 1 amide bonds. The van der Waals surface area contributed by atoms with Crippen molar-refractivity contribution in [2.24, 2.45) is 0 Å². The predicted molar refractivity (Wildman–Crippen MR) is 78.3 cm³/mol. The SMILES string of the molecule is CCC1C(=O)NCCN1CCOc1cccc(Br)c1. The Bertz CT molecular complexity index is 439. The fraction of sp³-hybridized carbons (Fsp3) is 0.500. The smallest absolute Gasteiger partial charge is 0.237 e. The van der Waals surface area contributed by atoms with Crippen molar-refractivity contribution >= 4 is 21.8 Å². The standard InChI is InChI=1S/C14H19BrN2O2/c1-2-13-14(18)16-6-7-17(13)8-9-19-12-5-3-4-11(15)10-12/h3-5,10,13H,2,6-9H2,1H3,(H,16,18). The van der Waals surface area contributed by atoms with Crippen molar-refractivity contribution in [1.29, 1.82) is 0 Å². The van der Waals surface area contributed by atoms with Crippen LogP contribution in [0.5, 0.6) is 5.75 Å². The molecular weight excluding hydrogens is 308 g/mol. The van der Waals surface area contributed by atoms with Gasteiger partial charge in [-0.05, 0) is 24.6 Å². The number of nitrogens with one attached hydrogen (secondary N) is 1. The lowest BCUT2D eigenvalue weighted by Gasteiger charge is -2.34. The molecule has 0 aliphatic carbocycles. The third-order valence-corrected chi connectivity index (χ3v) is 3.76. The van der Waals surface area contributed by atoms with Gasteiger partial charge in [-0.2, -0.15) is 0 Å². The van der Waals surface area contributed by atoms with Crippen LogP contribution in [-0.2, 0) is 4.79 Å². The largest absolute Gasteiger partial charge is 0.492 e. The highest BCUT2D eigenvalue weighted by atomic mass is 79.9. The average Bonchev–Trinajstić information content (AvgIpc) is 2.39. The molecule has 1 heterocycles. The minimum atomic E-state index is -0.0140. The van der Waals surface area contributed by atoms with Crippen LogP contribution in [0.25, 0.3) is 0 Å². The molecule has 0 radical (unpaired) electrons. The summed E-state index contributed by atoms with van der Waals surface area (Å²) in [6.45, 7) is 5.04. The van der Waals surface area contributed by atoms with Crippen molar-refractivity contribution in [1.82, 2.24) is 10.2 Å². The van der Waals surface area contributed by atoms with Crippen LogP contribution in [0.4, 0.5) is 0 Å². The van der Waals surface area contributed by atoms with Crippen LogP contribution in [0.15, 0.2) is 28.7 Å². The molecule has 1 saturated heterocycles. The second-order valence-corrected chi connectivity index (χ2v) is 5.47. The van der Waals surface area contributed by atoms with E-state index in [-0.39, 0.29) is 11.9 Å². The van der Waals surface area contributed by atoms with Crippen molar-refractivity contribution in [3.05, 3.63) is 28.7 Å². The molecule has 4 nitrogen and oxygen atoms in total. The van der Waals surface area contributed by atoms with E-state index < -0.39 is 0 Å². The first-order valence-electron chi connectivity index (χ1n) is 6.61. The highest BCUT2D eigenvalue weighted by Gasteiger charge is 2.27. The van der Waals surface area contributed by atoms with Crippen molar-refractivity contribution in [3.63, 3.8) is 0 Å². The molecule has 0 bridgehead atoms. The average molecular weight is 327 g/mol. The number of halogens is 1. The maximum Gasteiger partial charge on any atom is 0.237 e. The van der Waals surface area contributed by atoms with E-state index in [1.165, 1.54) is 0 Å². The lowest BCUT2D eigenvalue weighted by molar-refractivity contribution is -0.129. The first-order valence-corrected chi connectivity index (χ1v) is 7.40. The molecule has 0 spiro atoms.